The maximum Gasteiger partial charge on any atom is 0.303 e. The molecule has 6 heteroatoms. The second-order valence-corrected chi connectivity index (χ2v) is 5.06. The summed E-state index contributed by atoms with van der Waals surface area (Å²) < 4.78 is 1.90. The van der Waals surface area contributed by atoms with Crippen LogP contribution in [0.2, 0.25) is 0 Å². The Hall–Kier alpha value is -1.95. The molecular weight excluding hydrogens is 256 g/mol. The van der Waals surface area contributed by atoms with Gasteiger partial charge in [-0.3, -0.25) is 9.20 Å². The summed E-state index contributed by atoms with van der Waals surface area (Å²) in [5.74, 6) is 0.405. The van der Waals surface area contributed by atoms with Crippen LogP contribution in [0, 0.1) is 5.92 Å². The molecule has 0 aromatic carbocycles. The summed E-state index contributed by atoms with van der Waals surface area (Å²) in [5.41, 5.74) is 0.960. The van der Waals surface area contributed by atoms with Crippen LogP contribution in [0.4, 0.5) is 0 Å². The fourth-order valence-electron chi connectivity index (χ4n) is 2.04. The van der Waals surface area contributed by atoms with Crippen LogP contribution in [0.15, 0.2) is 24.7 Å². The summed E-state index contributed by atoms with van der Waals surface area (Å²) in [6.45, 7) is 3.65. The predicted molar refractivity (Wildman–Crippen MR) is 75.3 cm³/mol. The Morgan fingerprint density at radius 2 is 2.35 bits per heavy atom. The average molecular weight is 276 g/mol. The van der Waals surface area contributed by atoms with Gasteiger partial charge >= 0.3 is 5.97 Å². The lowest BCUT2D eigenvalue weighted by atomic mass is 10.0. The van der Waals surface area contributed by atoms with Crippen molar-refractivity contribution in [1.82, 2.24) is 19.7 Å². The Morgan fingerprint density at radius 3 is 3.10 bits per heavy atom. The molecule has 0 aliphatic rings. The number of carboxylic acids is 1. The maximum atomic E-state index is 10.5. The Morgan fingerprint density at radius 1 is 1.50 bits per heavy atom. The third-order valence-corrected chi connectivity index (χ3v) is 3.26. The minimum atomic E-state index is -0.720. The summed E-state index contributed by atoms with van der Waals surface area (Å²) in [6.07, 6.45) is 7.56. The number of aliphatic carboxylic acids is 1. The van der Waals surface area contributed by atoms with Crippen molar-refractivity contribution in [3.63, 3.8) is 0 Å². The van der Waals surface area contributed by atoms with Crippen LogP contribution >= 0.6 is 0 Å². The fraction of sp³-hybridized carbons (Fsp3) is 0.500. The smallest absolute Gasteiger partial charge is 0.303 e. The number of rotatable bonds is 8. The van der Waals surface area contributed by atoms with Crippen LogP contribution in [0.3, 0.4) is 0 Å². The van der Waals surface area contributed by atoms with Crippen molar-refractivity contribution in [3.8, 4) is 0 Å². The van der Waals surface area contributed by atoms with E-state index in [1.54, 1.807) is 6.20 Å². The van der Waals surface area contributed by atoms with E-state index in [2.05, 4.69) is 22.2 Å². The van der Waals surface area contributed by atoms with E-state index < -0.39 is 5.97 Å². The van der Waals surface area contributed by atoms with Crippen molar-refractivity contribution in [3.05, 3.63) is 30.4 Å². The molecule has 0 fully saturated rings. The van der Waals surface area contributed by atoms with Crippen LogP contribution < -0.4 is 5.32 Å². The van der Waals surface area contributed by atoms with Gasteiger partial charge in [0, 0.05) is 31.6 Å². The second-order valence-electron chi connectivity index (χ2n) is 5.06. The number of nitrogens with zero attached hydrogens (tertiary/aromatic N) is 3. The molecule has 2 aromatic heterocycles. The quantitative estimate of drug-likeness (QED) is 0.717. The minimum absolute atomic E-state index is 0.249. The van der Waals surface area contributed by atoms with Gasteiger partial charge in [-0.25, -0.2) is 9.97 Å². The van der Waals surface area contributed by atoms with Gasteiger partial charge in [-0.05, 0) is 31.4 Å². The molecule has 0 aliphatic heterocycles. The molecule has 1 unspecified atom stereocenters. The highest BCUT2D eigenvalue weighted by Crippen LogP contribution is 2.09. The van der Waals surface area contributed by atoms with Crippen molar-refractivity contribution in [2.45, 2.75) is 32.7 Å². The van der Waals surface area contributed by atoms with Crippen LogP contribution in [0.25, 0.3) is 5.78 Å². The largest absolute Gasteiger partial charge is 0.481 e. The van der Waals surface area contributed by atoms with Gasteiger partial charge in [0.25, 0.3) is 0 Å². The van der Waals surface area contributed by atoms with Crippen LogP contribution in [0.5, 0.6) is 0 Å². The summed E-state index contributed by atoms with van der Waals surface area (Å²) in [4.78, 5) is 19.0. The van der Waals surface area contributed by atoms with E-state index >= 15 is 0 Å². The highest BCUT2D eigenvalue weighted by Gasteiger charge is 2.06. The molecule has 0 amide bonds. The number of carboxylic acid groups (broad SMARTS) is 1. The number of carbonyl (C=O) groups is 1. The van der Waals surface area contributed by atoms with Gasteiger partial charge in [-0.2, -0.15) is 0 Å². The van der Waals surface area contributed by atoms with E-state index in [9.17, 15) is 4.79 Å². The Labute approximate surface area is 117 Å². The molecule has 0 bridgehead atoms. The van der Waals surface area contributed by atoms with Gasteiger partial charge in [0.2, 0.25) is 5.78 Å². The van der Waals surface area contributed by atoms with Gasteiger partial charge in [0.05, 0.1) is 5.69 Å². The van der Waals surface area contributed by atoms with E-state index in [0.29, 0.717) is 18.2 Å². The normalized spacial score (nSPS) is 12.7. The van der Waals surface area contributed by atoms with E-state index in [0.717, 1.165) is 25.1 Å². The Kier molecular flexibility index (Phi) is 5.06. The third kappa shape index (κ3) is 4.31. The van der Waals surface area contributed by atoms with Gasteiger partial charge in [0.1, 0.15) is 0 Å². The highest BCUT2D eigenvalue weighted by atomic mass is 16.4. The molecule has 0 spiro atoms. The first-order valence-corrected chi connectivity index (χ1v) is 6.86. The lowest BCUT2D eigenvalue weighted by molar-refractivity contribution is -0.137. The summed E-state index contributed by atoms with van der Waals surface area (Å²) in [7, 11) is 0. The molecule has 108 valence electrons. The van der Waals surface area contributed by atoms with Crippen molar-refractivity contribution in [2.24, 2.45) is 5.92 Å². The number of aromatic nitrogens is 3. The Bertz CT molecular complexity index is 534. The number of nitrogens with one attached hydrogen (secondary N) is 1. The Balaban J connectivity index is 1.69. The van der Waals surface area contributed by atoms with Gasteiger partial charge in [-0.15, -0.1) is 0 Å². The molecule has 2 aromatic rings. The molecule has 2 heterocycles. The van der Waals surface area contributed by atoms with Gasteiger partial charge < -0.3 is 10.4 Å². The summed E-state index contributed by atoms with van der Waals surface area (Å²) >= 11 is 0. The number of hydrogen-bond acceptors (Lipinski definition) is 4. The number of hydrogen-bond donors (Lipinski definition) is 2. The number of fused-ring (bicyclic) bond motifs is 1. The molecule has 20 heavy (non-hydrogen) atoms. The van der Waals surface area contributed by atoms with Crippen LogP contribution in [-0.2, 0) is 11.3 Å². The highest BCUT2D eigenvalue weighted by molar-refractivity contribution is 5.66. The molecule has 0 aliphatic carbocycles. The summed E-state index contributed by atoms with van der Waals surface area (Å²) in [5, 5.41) is 11.9. The van der Waals surface area contributed by atoms with Crippen molar-refractivity contribution in [2.75, 3.05) is 6.54 Å². The first kappa shape index (κ1) is 14.5. The zero-order valence-corrected chi connectivity index (χ0v) is 11.6. The lowest BCUT2D eigenvalue weighted by Crippen LogP contribution is -2.17. The molecule has 0 saturated heterocycles. The van der Waals surface area contributed by atoms with E-state index in [4.69, 9.17) is 5.11 Å². The SMILES string of the molecule is CC(CCNCc1cn2cccnc2n1)CCC(=O)O. The molecule has 0 radical (unpaired) electrons. The zero-order valence-electron chi connectivity index (χ0n) is 11.6. The standard InChI is InChI=1S/C14H20N4O2/c1-11(3-4-13(19)20)5-7-15-9-12-10-18-8-2-6-16-14(18)17-12/h2,6,8,10-11,15H,3-5,7,9H2,1H3,(H,19,20). The first-order chi connectivity index (χ1) is 9.65. The number of imidazole rings is 1. The predicted octanol–water partition coefficient (Wildman–Crippen LogP) is 1.71. The van der Waals surface area contributed by atoms with Crippen molar-refractivity contribution >= 4 is 11.7 Å². The second kappa shape index (κ2) is 7.00. The zero-order chi connectivity index (χ0) is 14.4. The lowest BCUT2D eigenvalue weighted by Gasteiger charge is -2.09. The van der Waals surface area contributed by atoms with E-state index in [1.165, 1.54) is 0 Å². The third-order valence-electron chi connectivity index (χ3n) is 3.26. The van der Waals surface area contributed by atoms with Crippen molar-refractivity contribution < 1.29 is 9.90 Å². The van der Waals surface area contributed by atoms with Crippen LogP contribution in [-0.4, -0.2) is 32.0 Å². The molecule has 2 rings (SSSR count). The fourth-order valence-corrected chi connectivity index (χ4v) is 2.04. The molecule has 2 N–H and O–H groups in total. The van der Waals surface area contributed by atoms with Crippen LogP contribution in [0.1, 0.15) is 31.9 Å². The van der Waals surface area contributed by atoms with Gasteiger partial charge in [-0.1, -0.05) is 6.92 Å². The maximum absolute atomic E-state index is 10.5. The van der Waals surface area contributed by atoms with Crippen molar-refractivity contribution in [1.29, 1.82) is 0 Å². The molecule has 0 saturated carbocycles. The first-order valence-electron chi connectivity index (χ1n) is 6.86. The van der Waals surface area contributed by atoms with Gasteiger partial charge in [0.15, 0.2) is 0 Å². The van der Waals surface area contributed by atoms with E-state index in [-0.39, 0.29) is 6.42 Å². The topological polar surface area (TPSA) is 79.5 Å². The van der Waals surface area contributed by atoms with E-state index in [1.807, 2.05) is 22.9 Å². The summed E-state index contributed by atoms with van der Waals surface area (Å²) in [6, 6.07) is 1.87. The monoisotopic (exact) mass is 276 g/mol. The molecule has 1 atom stereocenters. The molecular formula is C14H20N4O2. The average Bonchev–Trinajstić information content (AvgIpc) is 2.84. The molecule has 6 nitrogen and oxygen atoms in total. The minimum Gasteiger partial charge on any atom is -0.481 e.